The Morgan fingerprint density at radius 3 is 2.52 bits per heavy atom. The number of hydrazone groups is 1. The van der Waals surface area contributed by atoms with E-state index < -0.39 is 0 Å². The van der Waals surface area contributed by atoms with Crippen molar-refractivity contribution in [3.05, 3.63) is 89.6 Å². The predicted molar refractivity (Wildman–Crippen MR) is 87.2 cm³/mol. The molecule has 0 aliphatic rings. The largest absolute Gasteiger partial charge is 0.469 e. The summed E-state index contributed by atoms with van der Waals surface area (Å²) >= 11 is 0. The fourth-order valence-electron chi connectivity index (χ4n) is 2.18. The molecule has 3 rings (SSSR count). The second kappa shape index (κ2) is 6.70. The number of nitrogens with zero attached hydrogens (tertiary/aromatic N) is 2. The molecule has 0 atom stereocenters. The Balaban J connectivity index is 1.93. The highest BCUT2D eigenvalue weighted by Crippen LogP contribution is 2.11. The monoisotopic (exact) mass is 305 g/mol. The number of hydrogen-bond donors (Lipinski definition) is 1. The highest BCUT2D eigenvalue weighted by molar-refractivity contribution is 6.13. The molecule has 114 valence electrons. The van der Waals surface area contributed by atoms with Gasteiger partial charge in [-0.25, -0.2) is 5.43 Å². The van der Waals surface area contributed by atoms with Crippen molar-refractivity contribution in [2.24, 2.45) is 5.10 Å². The van der Waals surface area contributed by atoms with Crippen LogP contribution in [0, 0.1) is 6.92 Å². The van der Waals surface area contributed by atoms with Crippen LogP contribution in [0.2, 0.25) is 0 Å². The summed E-state index contributed by atoms with van der Waals surface area (Å²) in [6.07, 6.45) is 4.88. The molecular weight excluding hydrogens is 290 g/mol. The second-order valence-corrected chi connectivity index (χ2v) is 4.90. The van der Waals surface area contributed by atoms with Crippen molar-refractivity contribution in [3.63, 3.8) is 0 Å². The van der Waals surface area contributed by atoms with Crippen LogP contribution in [0.4, 0.5) is 0 Å². The van der Waals surface area contributed by atoms with E-state index in [1.807, 2.05) is 42.5 Å². The Morgan fingerprint density at radius 1 is 1.09 bits per heavy atom. The van der Waals surface area contributed by atoms with Gasteiger partial charge in [0.05, 0.1) is 17.5 Å². The molecule has 1 N–H and O–H groups in total. The number of benzene rings is 1. The Kier molecular flexibility index (Phi) is 4.29. The molecule has 0 saturated heterocycles. The third-order valence-electron chi connectivity index (χ3n) is 3.35. The number of aromatic nitrogens is 1. The Bertz CT molecular complexity index is 782. The molecule has 2 heterocycles. The molecular formula is C18H15N3O2. The Hall–Kier alpha value is -3.21. The molecule has 1 amide bonds. The fraction of sp³-hybridized carbons (Fsp3) is 0.0556. The van der Waals surface area contributed by atoms with E-state index in [2.05, 4.69) is 15.5 Å². The van der Waals surface area contributed by atoms with Crippen LogP contribution in [0.25, 0.3) is 0 Å². The van der Waals surface area contributed by atoms with Crippen molar-refractivity contribution in [1.29, 1.82) is 0 Å². The van der Waals surface area contributed by atoms with Crippen LogP contribution in [0.3, 0.4) is 0 Å². The summed E-state index contributed by atoms with van der Waals surface area (Å²) in [5.74, 6) is 0.244. The van der Waals surface area contributed by atoms with Gasteiger partial charge in [-0.1, -0.05) is 30.3 Å². The molecule has 2 aromatic heterocycles. The van der Waals surface area contributed by atoms with E-state index in [-0.39, 0.29) is 5.91 Å². The Morgan fingerprint density at radius 2 is 1.87 bits per heavy atom. The molecule has 0 unspecified atom stereocenters. The van der Waals surface area contributed by atoms with Crippen LogP contribution in [-0.4, -0.2) is 16.6 Å². The number of pyridine rings is 1. The zero-order valence-corrected chi connectivity index (χ0v) is 12.6. The van der Waals surface area contributed by atoms with Crippen LogP contribution in [-0.2, 0) is 0 Å². The van der Waals surface area contributed by atoms with Crippen LogP contribution in [0.15, 0.2) is 76.7 Å². The van der Waals surface area contributed by atoms with E-state index in [0.717, 1.165) is 11.1 Å². The summed E-state index contributed by atoms with van der Waals surface area (Å²) in [5.41, 5.74) is 5.41. The lowest BCUT2D eigenvalue weighted by Crippen LogP contribution is -2.20. The number of nitrogens with one attached hydrogen (secondary N) is 1. The predicted octanol–water partition coefficient (Wildman–Crippen LogP) is 3.17. The van der Waals surface area contributed by atoms with Gasteiger partial charge in [-0.3, -0.25) is 9.78 Å². The van der Waals surface area contributed by atoms with Crippen LogP contribution in [0.1, 0.15) is 27.2 Å². The maximum atomic E-state index is 12.2. The van der Waals surface area contributed by atoms with Crippen LogP contribution >= 0.6 is 0 Å². The van der Waals surface area contributed by atoms with Gasteiger partial charge in [0.15, 0.2) is 0 Å². The van der Waals surface area contributed by atoms with Gasteiger partial charge >= 0.3 is 0 Å². The van der Waals surface area contributed by atoms with Gasteiger partial charge in [0, 0.05) is 23.5 Å². The number of carbonyl (C=O) groups excluding carboxylic acids is 1. The highest BCUT2D eigenvalue weighted by Gasteiger charge is 2.12. The van der Waals surface area contributed by atoms with Crippen LogP contribution in [0.5, 0.6) is 0 Å². The zero-order chi connectivity index (χ0) is 16.1. The molecule has 5 heteroatoms. The first-order valence-electron chi connectivity index (χ1n) is 7.13. The van der Waals surface area contributed by atoms with E-state index in [1.54, 1.807) is 25.4 Å². The molecule has 0 fully saturated rings. The average molecular weight is 305 g/mol. The SMILES string of the molecule is Cc1occc1C(=O)NN=C(c1ccccc1)c1cccnc1. The number of rotatable bonds is 4. The summed E-state index contributed by atoms with van der Waals surface area (Å²) in [6.45, 7) is 1.73. The molecule has 23 heavy (non-hydrogen) atoms. The molecule has 0 saturated carbocycles. The van der Waals surface area contributed by atoms with Gasteiger partial charge in [-0.2, -0.15) is 5.10 Å². The molecule has 1 aromatic carbocycles. The van der Waals surface area contributed by atoms with Gasteiger partial charge in [-0.15, -0.1) is 0 Å². The van der Waals surface area contributed by atoms with Crippen LogP contribution < -0.4 is 5.43 Å². The molecule has 0 bridgehead atoms. The minimum Gasteiger partial charge on any atom is -0.469 e. The van der Waals surface area contributed by atoms with Crippen molar-refractivity contribution in [2.45, 2.75) is 6.92 Å². The summed E-state index contributed by atoms with van der Waals surface area (Å²) in [6, 6.07) is 15.0. The van der Waals surface area contributed by atoms with Gasteiger partial charge < -0.3 is 4.42 Å². The number of amides is 1. The summed E-state index contributed by atoms with van der Waals surface area (Å²) in [7, 11) is 0. The lowest BCUT2D eigenvalue weighted by atomic mass is 10.0. The van der Waals surface area contributed by atoms with E-state index in [9.17, 15) is 4.79 Å². The van der Waals surface area contributed by atoms with E-state index in [0.29, 0.717) is 17.0 Å². The van der Waals surface area contributed by atoms with Crippen molar-refractivity contribution in [1.82, 2.24) is 10.4 Å². The third-order valence-corrected chi connectivity index (χ3v) is 3.35. The second-order valence-electron chi connectivity index (χ2n) is 4.90. The first kappa shape index (κ1) is 14.7. The maximum absolute atomic E-state index is 12.2. The van der Waals surface area contributed by atoms with Crippen molar-refractivity contribution in [2.75, 3.05) is 0 Å². The smallest absolute Gasteiger partial charge is 0.274 e. The first-order chi connectivity index (χ1) is 11.3. The third kappa shape index (κ3) is 3.35. The van der Waals surface area contributed by atoms with E-state index in [4.69, 9.17) is 4.42 Å². The first-order valence-corrected chi connectivity index (χ1v) is 7.13. The van der Waals surface area contributed by atoms with Gasteiger partial charge in [0.25, 0.3) is 5.91 Å². The maximum Gasteiger partial charge on any atom is 0.274 e. The highest BCUT2D eigenvalue weighted by atomic mass is 16.3. The summed E-state index contributed by atoms with van der Waals surface area (Å²) in [4.78, 5) is 16.3. The molecule has 5 nitrogen and oxygen atoms in total. The summed E-state index contributed by atoms with van der Waals surface area (Å²) in [5, 5.41) is 4.30. The van der Waals surface area contributed by atoms with Crippen molar-refractivity contribution in [3.8, 4) is 0 Å². The van der Waals surface area contributed by atoms with E-state index >= 15 is 0 Å². The topological polar surface area (TPSA) is 67.5 Å². The zero-order valence-electron chi connectivity index (χ0n) is 12.6. The minimum absolute atomic E-state index is 0.312. The van der Waals surface area contributed by atoms with Gasteiger partial charge in [0.2, 0.25) is 0 Å². The molecule has 0 aliphatic carbocycles. The normalized spacial score (nSPS) is 11.3. The number of carbonyl (C=O) groups is 1. The average Bonchev–Trinajstić information content (AvgIpc) is 3.03. The van der Waals surface area contributed by atoms with Crippen molar-refractivity contribution < 1.29 is 9.21 Å². The summed E-state index contributed by atoms with van der Waals surface area (Å²) < 4.78 is 5.14. The lowest BCUT2D eigenvalue weighted by Gasteiger charge is -2.07. The van der Waals surface area contributed by atoms with E-state index in [1.165, 1.54) is 6.26 Å². The van der Waals surface area contributed by atoms with Gasteiger partial charge in [-0.05, 0) is 25.1 Å². The number of furan rings is 1. The fourth-order valence-corrected chi connectivity index (χ4v) is 2.18. The quantitative estimate of drug-likeness (QED) is 0.594. The molecule has 0 spiro atoms. The molecule has 3 aromatic rings. The van der Waals surface area contributed by atoms with Crippen molar-refractivity contribution >= 4 is 11.6 Å². The minimum atomic E-state index is -0.312. The molecule has 0 aliphatic heterocycles. The van der Waals surface area contributed by atoms with Gasteiger partial charge in [0.1, 0.15) is 5.76 Å². The molecule has 0 radical (unpaired) electrons. The number of hydrogen-bond acceptors (Lipinski definition) is 4. The lowest BCUT2D eigenvalue weighted by molar-refractivity contribution is 0.0953. The Labute approximate surface area is 133 Å². The number of aryl methyl sites for hydroxylation is 1. The standard InChI is InChI=1S/C18H15N3O2/c1-13-16(9-11-23-13)18(22)21-20-17(14-6-3-2-4-7-14)15-8-5-10-19-12-15/h2-12H,1H3,(H,21,22).